The van der Waals surface area contributed by atoms with Gasteiger partial charge in [0.05, 0.1) is 0 Å². The van der Waals surface area contributed by atoms with Crippen molar-refractivity contribution in [3.8, 4) is 0 Å². The number of carbonyl (C=O) groups is 1. The van der Waals surface area contributed by atoms with E-state index in [-0.39, 0.29) is 6.03 Å². The van der Waals surface area contributed by atoms with E-state index in [1.165, 1.54) is 36.3 Å². The van der Waals surface area contributed by atoms with E-state index in [0.717, 1.165) is 0 Å². The SMILES string of the molecule is CN(C)C(=O)NN=C(C1CC1)C1CC1. The second kappa shape index (κ2) is 3.59. The molecule has 78 valence electrons. The third kappa shape index (κ3) is 2.25. The van der Waals surface area contributed by atoms with Gasteiger partial charge in [0.2, 0.25) is 0 Å². The van der Waals surface area contributed by atoms with Gasteiger partial charge in [-0.25, -0.2) is 10.2 Å². The summed E-state index contributed by atoms with van der Waals surface area (Å²) in [5.41, 5.74) is 3.84. The molecule has 2 amide bonds. The van der Waals surface area contributed by atoms with E-state index in [2.05, 4.69) is 10.5 Å². The maximum absolute atomic E-state index is 11.2. The zero-order valence-electron chi connectivity index (χ0n) is 8.79. The van der Waals surface area contributed by atoms with E-state index in [4.69, 9.17) is 0 Å². The van der Waals surface area contributed by atoms with Gasteiger partial charge in [-0.2, -0.15) is 5.10 Å². The van der Waals surface area contributed by atoms with Crippen molar-refractivity contribution >= 4 is 11.7 Å². The molecule has 4 heteroatoms. The predicted molar refractivity (Wildman–Crippen MR) is 55.1 cm³/mol. The van der Waals surface area contributed by atoms with Crippen molar-refractivity contribution in [1.29, 1.82) is 0 Å². The molecule has 0 radical (unpaired) electrons. The van der Waals surface area contributed by atoms with E-state index < -0.39 is 0 Å². The summed E-state index contributed by atoms with van der Waals surface area (Å²) in [5.74, 6) is 1.34. The molecule has 2 aliphatic carbocycles. The Bertz CT molecular complexity index is 251. The molecule has 0 unspecified atom stereocenters. The Morgan fingerprint density at radius 2 is 1.71 bits per heavy atom. The van der Waals surface area contributed by atoms with Crippen LogP contribution in [0.15, 0.2) is 5.10 Å². The van der Waals surface area contributed by atoms with Crippen LogP contribution in [0.2, 0.25) is 0 Å². The molecule has 0 aromatic carbocycles. The first-order valence-electron chi connectivity index (χ1n) is 5.23. The summed E-state index contributed by atoms with van der Waals surface area (Å²) >= 11 is 0. The van der Waals surface area contributed by atoms with Crippen LogP contribution in [0.3, 0.4) is 0 Å². The van der Waals surface area contributed by atoms with Gasteiger partial charge in [0.1, 0.15) is 0 Å². The number of amides is 2. The fourth-order valence-corrected chi connectivity index (χ4v) is 1.49. The summed E-state index contributed by atoms with van der Waals surface area (Å²) < 4.78 is 0. The Hall–Kier alpha value is -1.06. The van der Waals surface area contributed by atoms with Gasteiger partial charge in [0, 0.05) is 19.8 Å². The number of rotatable bonds is 3. The zero-order chi connectivity index (χ0) is 10.1. The lowest BCUT2D eigenvalue weighted by Gasteiger charge is -2.09. The molecular weight excluding hydrogens is 178 g/mol. The maximum atomic E-state index is 11.2. The molecule has 14 heavy (non-hydrogen) atoms. The van der Waals surface area contributed by atoms with E-state index in [1.807, 2.05) is 0 Å². The van der Waals surface area contributed by atoms with E-state index in [1.54, 1.807) is 14.1 Å². The Morgan fingerprint density at radius 3 is 2.07 bits per heavy atom. The highest BCUT2D eigenvalue weighted by Gasteiger charge is 2.38. The zero-order valence-corrected chi connectivity index (χ0v) is 8.79. The molecule has 4 nitrogen and oxygen atoms in total. The van der Waals surface area contributed by atoms with E-state index >= 15 is 0 Å². The lowest BCUT2D eigenvalue weighted by Crippen LogP contribution is -2.32. The van der Waals surface area contributed by atoms with Crippen LogP contribution < -0.4 is 5.43 Å². The van der Waals surface area contributed by atoms with Crippen LogP contribution in [0.25, 0.3) is 0 Å². The van der Waals surface area contributed by atoms with Crippen LogP contribution in [0.1, 0.15) is 25.7 Å². The summed E-state index contributed by atoms with van der Waals surface area (Å²) in [4.78, 5) is 12.7. The number of hydrazone groups is 1. The standard InChI is InChI=1S/C10H17N3O/c1-13(2)10(14)12-11-9(7-3-4-7)8-5-6-8/h7-8H,3-6H2,1-2H3,(H,12,14). The number of nitrogens with zero attached hydrogens (tertiary/aromatic N) is 2. The molecule has 0 heterocycles. The number of urea groups is 1. The highest BCUT2D eigenvalue weighted by molar-refractivity contribution is 5.93. The molecule has 0 saturated heterocycles. The van der Waals surface area contributed by atoms with Gasteiger partial charge in [-0.3, -0.25) is 0 Å². The first-order valence-corrected chi connectivity index (χ1v) is 5.23. The van der Waals surface area contributed by atoms with Crippen molar-refractivity contribution in [2.75, 3.05) is 14.1 Å². The third-order valence-corrected chi connectivity index (χ3v) is 2.68. The summed E-state index contributed by atoms with van der Waals surface area (Å²) in [6.45, 7) is 0. The molecule has 2 aliphatic rings. The molecule has 2 fully saturated rings. The van der Waals surface area contributed by atoms with Crippen molar-refractivity contribution in [3.05, 3.63) is 0 Å². The molecule has 0 aliphatic heterocycles. The van der Waals surface area contributed by atoms with E-state index in [0.29, 0.717) is 11.8 Å². The Morgan fingerprint density at radius 1 is 1.21 bits per heavy atom. The van der Waals surface area contributed by atoms with Crippen LogP contribution in [0.5, 0.6) is 0 Å². The summed E-state index contributed by atoms with van der Waals surface area (Å²) in [7, 11) is 3.44. The van der Waals surface area contributed by atoms with Gasteiger partial charge < -0.3 is 4.90 Å². The highest BCUT2D eigenvalue weighted by Crippen LogP contribution is 2.41. The number of hydrogen-bond acceptors (Lipinski definition) is 2. The Labute approximate surface area is 84.3 Å². The monoisotopic (exact) mass is 195 g/mol. The molecule has 2 rings (SSSR count). The molecule has 0 aromatic heterocycles. The smallest absolute Gasteiger partial charge is 0.329 e. The minimum absolute atomic E-state index is 0.135. The minimum atomic E-state index is -0.135. The largest absolute Gasteiger partial charge is 0.337 e. The normalized spacial score (nSPS) is 20.1. The molecule has 1 N–H and O–H groups in total. The van der Waals surface area contributed by atoms with Crippen LogP contribution in [0, 0.1) is 11.8 Å². The molecular formula is C10H17N3O. The van der Waals surface area contributed by atoms with Gasteiger partial charge >= 0.3 is 6.03 Å². The van der Waals surface area contributed by atoms with Crippen LogP contribution in [0.4, 0.5) is 4.79 Å². The van der Waals surface area contributed by atoms with Crippen molar-refractivity contribution < 1.29 is 4.79 Å². The molecule has 0 aromatic rings. The minimum Gasteiger partial charge on any atom is -0.329 e. The first-order chi connectivity index (χ1) is 6.68. The van der Waals surface area contributed by atoms with Gasteiger partial charge in [-0.15, -0.1) is 0 Å². The van der Waals surface area contributed by atoms with Gasteiger partial charge in [0.15, 0.2) is 0 Å². The van der Waals surface area contributed by atoms with Crippen molar-refractivity contribution in [3.63, 3.8) is 0 Å². The quantitative estimate of drug-likeness (QED) is 0.537. The second-order valence-electron chi connectivity index (χ2n) is 4.40. The van der Waals surface area contributed by atoms with Crippen LogP contribution in [-0.4, -0.2) is 30.7 Å². The molecule has 0 atom stereocenters. The lowest BCUT2D eigenvalue weighted by atomic mass is 10.2. The van der Waals surface area contributed by atoms with Gasteiger partial charge in [-0.1, -0.05) is 0 Å². The Balaban J connectivity index is 1.89. The molecule has 2 saturated carbocycles. The summed E-state index contributed by atoms with van der Waals surface area (Å²) in [6.07, 6.45) is 5.03. The highest BCUT2D eigenvalue weighted by atomic mass is 16.2. The van der Waals surface area contributed by atoms with Crippen molar-refractivity contribution in [1.82, 2.24) is 10.3 Å². The maximum Gasteiger partial charge on any atom is 0.337 e. The van der Waals surface area contributed by atoms with Crippen LogP contribution in [-0.2, 0) is 0 Å². The molecule has 0 spiro atoms. The molecule has 0 bridgehead atoms. The number of hydrogen-bond donors (Lipinski definition) is 1. The fraction of sp³-hybridized carbons (Fsp3) is 0.800. The van der Waals surface area contributed by atoms with Crippen molar-refractivity contribution in [2.24, 2.45) is 16.9 Å². The predicted octanol–water partition coefficient (Wildman–Crippen LogP) is 1.43. The average molecular weight is 195 g/mol. The second-order valence-corrected chi connectivity index (χ2v) is 4.40. The van der Waals surface area contributed by atoms with Gasteiger partial charge in [-0.05, 0) is 37.5 Å². The summed E-state index contributed by atoms with van der Waals surface area (Å²) in [6, 6.07) is -0.135. The van der Waals surface area contributed by atoms with E-state index in [9.17, 15) is 4.79 Å². The average Bonchev–Trinajstić information content (AvgIpc) is 2.99. The number of nitrogens with one attached hydrogen (secondary N) is 1. The fourth-order valence-electron chi connectivity index (χ4n) is 1.49. The lowest BCUT2D eigenvalue weighted by molar-refractivity contribution is 0.218. The Kier molecular flexibility index (Phi) is 2.44. The summed E-state index contributed by atoms with van der Waals surface area (Å²) in [5, 5.41) is 4.24. The first kappa shape index (κ1) is 9.49. The van der Waals surface area contributed by atoms with Gasteiger partial charge in [0.25, 0.3) is 0 Å². The topological polar surface area (TPSA) is 44.7 Å². The third-order valence-electron chi connectivity index (χ3n) is 2.68. The number of carbonyl (C=O) groups excluding carboxylic acids is 1. The van der Waals surface area contributed by atoms with Crippen molar-refractivity contribution in [2.45, 2.75) is 25.7 Å². The van der Waals surface area contributed by atoms with Crippen LogP contribution >= 0.6 is 0 Å².